The van der Waals surface area contributed by atoms with E-state index in [1.165, 1.54) is 374 Å². The van der Waals surface area contributed by atoms with E-state index in [0.29, 0.717) is 0 Å². The van der Waals surface area contributed by atoms with E-state index < -0.39 is 0 Å². The number of rotatable bonds is 0. The second kappa shape index (κ2) is 26.4. The van der Waals surface area contributed by atoms with Crippen molar-refractivity contribution in [3.8, 4) is 0 Å². The molecule has 0 aromatic carbocycles. The molecule has 0 N–H and O–H groups in total. The summed E-state index contributed by atoms with van der Waals surface area (Å²) in [5.41, 5.74) is 0.906. The Morgan fingerprint density at radius 1 is 0.151 bits per heavy atom. The maximum atomic E-state index is 1.68. The quantitative estimate of drug-likeness (QED) is 0.212. The molecule has 35 aliphatic rings. The van der Waals surface area contributed by atoms with Gasteiger partial charge in [0.2, 0.25) is 0 Å². The molecule has 93 heavy (non-hydrogen) atoms. The molecular formula is C93H148. The molecule has 0 heteroatoms. The molecule has 35 fully saturated rings. The summed E-state index contributed by atoms with van der Waals surface area (Å²) in [4.78, 5) is 0. The third kappa shape index (κ3) is 11.2. The molecule has 0 heterocycles. The van der Waals surface area contributed by atoms with Gasteiger partial charge in [-0.1, -0.05) is 199 Å². The summed E-state index contributed by atoms with van der Waals surface area (Å²) in [6.45, 7) is 0. The van der Waals surface area contributed by atoms with Gasteiger partial charge in [-0.3, -0.25) is 0 Å². The number of hydrogen-bond donors (Lipinski definition) is 0. The second-order valence-corrected chi connectivity index (χ2v) is 43.0. The minimum atomic E-state index is 0.906. The molecule has 35 saturated carbocycles. The molecule has 15 atom stereocenters. The maximum absolute atomic E-state index is 1.68. The van der Waals surface area contributed by atoms with E-state index in [1.54, 1.807) is 193 Å². The van der Waals surface area contributed by atoms with E-state index in [4.69, 9.17) is 0 Å². The van der Waals surface area contributed by atoms with E-state index in [9.17, 15) is 0 Å². The molecule has 15 unspecified atom stereocenters. The highest BCUT2D eigenvalue weighted by molar-refractivity contribution is 5.44. The van der Waals surface area contributed by atoms with Crippen molar-refractivity contribution in [3.63, 3.8) is 0 Å². The lowest BCUT2D eigenvalue weighted by Crippen LogP contribution is -3.00. The Kier molecular flexibility index (Phi) is 17.8. The van der Waals surface area contributed by atoms with Gasteiger partial charge in [-0.25, -0.2) is 0 Å². The van der Waals surface area contributed by atoms with Gasteiger partial charge in [-0.15, -0.1) is 0 Å². The Bertz CT molecular complexity index is 2140. The molecular weight excluding hydrogens is 1120 g/mol. The molecule has 0 aromatic heterocycles. The highest BCUT2D eigenvalue weighted by Gasteiger charge is 2.97. The van der Waals surface area contributed by atoms with Gasteiger partial charge >= 0.3 is 0 Å². The molecule has 0 aromatic rings. The summed E-state index contributed by atoms with van der Waals surface area (Å²) < 4.78 is 0. The fourth-order valence-corrected chi connectivity index (χ4v) is 36.4. The Morgan fingerprint density at radius 2 is 0.409 bits per heavy atom. The van der Waals surface area contributed by atoms with Gasteiger partial charge in [0.1, 0.15) is 0 Å². The normalized spacial score (nSPS) is 58.3. The molecule has 35 aliphatic carbocycles. The van der Waals surface area contributed by atoms with Crippen LogP contribution < -0.4 is 0 Å². The van der Waals surface area contributed by atoms with Gasteiger partial charge in [-0.05, 0) is 379 Å². The van der Waals surface area contributed by atoms with E-state index in [-0.39, 0.29) is 0 Å². The minimum Gasteiger partial charge on any atom is -0.0533 e. The molecule has 35 rings (SSSR count). The van der Waals surface area contributed by atoms with Gasteiger partial charge in [-0.2, -0.15) is 0 Å². The highest BCUT2D eigenvalue weighted by Crippen LogP contribution is 3.01. The first-order valence-corrected chi connectivity index (χ1v) is 46.1. The predicted molar refractivity (Wildman–Crippen MR) is 387 cm³/mol. The predicted octanol–water partition coefficient (Wildman–Crippen LogP) is 26.3. The van der Waals surface area contributed by atoms with E-state index in [2.05, 4.69) is 0 Å². The van der Waals surface area contributed by atoms with Gasteiger partial charge in [0.15, 0.2) is 0 Å². The van der Waals surface area contributed by atoms with Gasteiger partial charge in [0.25, 0.3) is 0 Å². The molecule has 0 radical (unpaired) electrons. The van der Waals surface area contributed by atoms with Crippen LogP contribution >= 0.6 is 0 Å². The Morgan fingerprint density at radius 3 is 0.720 bits per heavy atom. The molecule has 1 spiro atoms. The van der Waals surface area contributed by atoms with Gasteiger partial charge < -0.3 is 0 Å². The van der Waals surface area contributed by atoms with Crippen LogP contribution in [0, 0.1) is 218 Å². The molecule has 520 valence electrons. The van der Waals surface area contributed by atoms with Crippen molar-refractivity contribution in [1.29, 1.82) is 0 Å². The molecule has 0 saturated heterocycles. The number of hydrogen-bond acceptors (Lipinski definition) is 0. The zero-order valence-corrected chi connectivity index (χ0v) is 60.9. The zero-order valence-electron chi connectivity index (χ0n) is 60.9. The zero-order chi connectivity index (χ0) is 60.9. The molecule has 0 nitrogen and oxygen atoms in total. The Balaban J connectivity index is 0.0000000712. The van der Waals surface area contributed by atoms with Crippen LogP contribution in [0.3, 0.4) is 0 Å². The van der Waals surface area contributed by atoms with Crippen molar-refractivity contribution < 1.29 is 0 Å². The maximum Gasteiger partial charge on any atom is -0.0266 e. The van der Waals surface area contributed by atoms with Crippen LogP contribution in [0.15, 0.2) is 0 Å². The fraction of sp³-hybridized carbons (Fsp3) is 1.00. The smallest absolute Gasteiger partial charge is 0.0266 e. The van der Waals surface area contributed by atoms with Gasteiger partial charge in [0, 0.05) is 0 Å². The third-order valence-electron chi connectivity index (χ3n) is 39.2. The average molecular weight is 1270 g/mol. The van der Waals surface area contributed by atoms with Crippen LogP contribution in [-0.2, 0) is 0 Å². The monoisotopic (exact) mass is 1270 g/mol. The van der Waals surface area contributed by atoms with Crippen LogP contribution in [0.1, 0.15) is 360 Å². The summed E-state index contributed by atoms with van der Waals surface area (Å²) >= 11 is 0. The third-order valence-corrected chi connectivity index (χ3v) is 39.2. The lowest BCUT2D eigenvalue weighted by molar-refractivity contribution is -0.565. The van der Waals surface area contributed by atoms with Crippen molar-refractivity contribution in [2.24, 2.45) is 218 Å². The van der Waals surface area contributed by atoms with Crippen LogP contribution in [0.4, 0.5) is 0 Å². The SMILES string of the molecule is C12C3C4C1C1C2C3C41.C1C2C3CC4C5CC3C1C5C24.C1C2CC3C1C3C2.C1C2CC3CC1CC(C2)C3.C1C2CC3CC1CC3C2.C1CC2CC3CCCC3(C1)C2.C1CCC2C3CC4C(C3C1)C24.C1CCCC1.C1CCCCC1.C1CCCCCC1.C1CCCCCCC1. The molecule has 0 amide bonds. The van der Waals surface area contributed by atoms with E-state index in [0.717, 1.165) is 11.3 Å². The first kappa shape index (κ1) is 62.8. The lowest BCUT2D eigenvalue weighted by Gasteiger charge is -3.03. The topological polar surface area (TPSA) is 0 Å². The summed E-state index contributed by atoms with van der Waals surface area (Å²) in [6.07, 6.45) is 87.3. The van der Waals surface area contributed by atoms with Crippen molar-refractivity contribution in [2.45, 2.75) is 360 Å². The summed E-state index contributed by atoms with van der Waals surface area (Å²) in [5.74, 6) is 45.1. The summed E-state index contributed by atoms with van der Waals surface area (Å²) in [5, 5.41) is 0. The first-order valence-electron chi connectivity index (χ1n) is 46.1. The van der Waals surface area contributed by atoms with Crippen LogP contribution in [-0.4, -0.2) is 0 Å². The average Bonchev–Trinajstić information content (AvgIpc) is 1.50. The molecule has 22 bridgehead atoms. The number of fused-ring (bicyclic) bond motifs is 3. The van der Waals surface area contributed by atoms with E-state index >= 15 is 0 Å². The van der Waals surface area contributed by atoms with Crippen molar-refractivity contribution in [3.05, 3.63) is 0 Å². The lowest BCUT2D eigenvalue weighted by atomic mass is 9.01. The first-order chi connectivity index (χ1) is 46.1. The highest BCUT2D eigenvalue weighted by atomic mass is 15.0. The van der Waals surface area contributed by atoms with Crippen LogP contribution in [0.25, 0.3) is 0 Å². The largest absolute Gasteiger partial charge is 0.0533 e. The van der Waals surface area contributed by atoms with Crippen LogP contribution in [0.5, 0.6) is 0 Å². The fourth-order valence-electron chi connectivity index (χ4n) is 36.4. The van der Waals surface area contributed by atoms with E-state index in [1.807, 2.05) is 0 Å². The Labute approximate surface area is 574 Å². The second-order valence-electron chi connectivity index (χ2n) is 43.0. The van der Waals surface area contributed by atoms with Crippen molar-refractivity contribution >= 4 is 0 Å². The summed E-state index contributed by atoms with van der Waals surface area (Å²) in [7, 11) is 0. The summed E-state index contributed by atoms with van der Waals surface area (Å²) in [6, 6.07) is 0. The van der Waals surface area contributed by atoms with Gasteiger partial charge in [0.05, 0.1) is 0 Å². The van der Waals surface area contributed by atoms with Crippen molar-refractivity contribution in [2.75, 3.05) is 0 Å². The standard InChI is InChI=1S/C11H14.C11H16.C11H18.C10H16.C9H14.C8H8.C8H16.C7H10.C7H14.C6H12.C5H10/c1-4-5-2-9-8(1)10-6(4)3-7(5)11(9)10;1-2-4-7-8-5-9-10(11(7)9)6(8)3-1;1-3-9-7-10-4-2-6-11(10,5-1)8-9;1-7-2-9-4-8(1)5-10(3-7)6-9;1-6-2-8-4-7(1)5-9(8)3-6;1-2-5-3(1)7-4(1)6(2)8(5)7;1-2-4-6-8-7-5-3-1;1-4-2-6-5(1)7(6)3-4;1-2-4-6-7-5-3-1;1-2-4-6-5-3-1;1-2-4-5-3-1/h4-11H,1-3H2;6-11H,1-5H2;9-10H,1-8H2;7-10H,1-6H2;6-9H,1-5H2;1-8H;1-8H2;4-7H,1-3H2;1-7H2;1-6H2;1-5H2. The van der Waals surface area contributed by atoms with Crippen molar-refractivity contribution in [1.82, 2.24) is 0 Å². The van der Waals surface area contributed by atoms with Crippen LogP contribution in [0.2, 0.25) is 0 Å². The Hall–Kier alpha value is 0. The minimum absolute atomic E-state index is 0.906. The molecule has 0 aliphatic heterocycles.